The minimum atomic E-state index is -0.511. The predicted octanol–water partition coefficient (Wildman–Crippen LogP) is 2.52. The molecule has 3 heteroatoms. The second-order valence-electron chi connectivity index (χ2n) is 3.57. The first-order chi connectivity index (χ1) is 6.68. The van der Waals surface area contributed by atoms with Crippen LogP contribution in [0.5, 0.6) is 0 Å². The Morgan fingerprint density at radius 1 is 1.57 bits per heavy atom. The van der Waals surface area contributed by atoms with Crippen molar-refractivity contribution in [3.05, 3.63) is 29.3 Å². The number of carbonyl (C=O) groups excluding carboxylic acids is 1. The van der Waals surface area contributed by atoms with E-state index in [1.807, 2.05) is 18.2 Å². The number of hydrogen-bond donors (Lipinski definition) is 1. The Kier molecular flexibility index (Phi) is 2.46. The van der Waals surface area contributed by atoms with Crippen LogP contribution in [-0.2, 0) is 11.2 Å². The van der Waals surface area contributed by atoms with Crippen LogP contribution in [0.3, 0.4) is 0 Å². The fourth-order valence-corrected chi connectivity index (χ4v) is 1.84. The molecule has 0 amide bonds. The molecule has 1 atom stereocenters. The number of benzene rings is 1. The summed E-state index contributed by atoms with van der Waals surface area (Å²) >= 11 is 5.97. The molecule has 1 aliphatic heterocycles. The van der Waals surface area contributed by atoms with Crippen molar-refractivity contribution in [2.75, 3.05) is 11.9 Å². The van der Waals surface area contributed by atoms with E-state index in [1.165, 1.54) is 12.5 Å². The summed E-state index contributed by atoms with van der Waals surface area (Å²) in [5.74, 6) is -0.00962. The first kappa shape index (κ1) is 9.53. The molecule has 0 spiro atoms. The average Bonchev–Trinajstić information content (AvgIpc) is 2.62. The highest BCUT2D eigenvalue weighted by atomic mass is 35.5. The average molecular weight is 210 g/mol. The zero-order valence-electron chi connectivity index (χ0n) is 8.01. The summed E-state index contributed by atoms with van der Waals surface area (Å²) in [5.41, 5.74) is 3.31. The van der Waals surface area contributed by atoms with Crippen molar-refractivity contribution in [1.82, 2.24) is 0 Å². The van der Waals surface area contributed by atoms with Crippen molar-refractivity contribution in [2.24, 2.45) is 0 Å². The maximum absolute atomic E-state index is 11.1. The van der Waals surface area contributed by atoms with Crippen molar-refractivity contribution in [3.63, 3.8) is 0 Å². The molecule has 14 heavy (non-hydrogen) atoms. The van der Waals surface area contributed by atoms with Crippen molar-refractivity contribution in [3.8, 4) is 0 Å². The summed E-state index contributed by atoms with van der Waals surface area (Å²) in [4.78, 5) is 11.1. The molecule has 0 fully saturated rings. The summed E-state index contributed by atoms with van der Waals surface area (Å²) in [6.45, 7) is 2.49. The number of rotatable bonds is 2. The van der Waals surface area contributed by atoms with Crippen LogP contribution < -0.4 is 5.32 Å². The Balaban J connectivity index is 2.33. The standard InChI is InChI=1S/C11H12ClNO/c1-7(14)11(12)9-3-2-8-4-5-13-10(8)6-9/h2-3,6,11,13H,4-5H2,1H3. The smallest absolute Gasteiger partial charge is 0.152 e. The highest BCUT2D eigenvalue weighted by Gasteiger charge is 2.16. The molecule has 0 saturated carbocycles. The summed E-state index contributed by atoms with van der Waals surface area (Å²) in [7, 11) is 0. The molecular formula is C11H12ClNO. The lowest BCUT2D eigenvalue weighted by atomic mass is 10.1. The third kappa shape index (κ3) is 1.62. The minimum absolute atomic E-state index is 0.00962. The largest absolute Gasteiger partial charge is 0.384 e. The van der Waals surface area contributed by atoms with Crippen molar-refractivity contribution in [1.29, 1.82) is 0 Å². The fourth-order valence-electron chi connectivity index (χ4n) is 1.70. The normalized spacial score (nSPS) is 15.9. The van der Waals surface area contributed by atoms with Crippen LogP contribution in [0, 0.1) is 0 Å². The molecule has 1 aliphatic rings. The maximum Gasteiger partial charge on any atom is 0.152 e. The number of halogens is 1. The van der Waals surface area contributed by atoms with E-state index in [0.717, 1.165) is 24.2 Å². The number of anilines is 1. The van der Waals surface area contributed by atoms with Gasteiger partial charge in [-0.15, -0.1) is 11.6 Å². The monoisotopic (exact) mass is 209 g/mol. The van der Waals surface area contributed by atoms with E-state index in [4.69, 9.17) is 11.6 Å². The van der Waals surface area contributed by atoms with Gasteiger partial charge in [0.2, 0.25) is 0 Å². The van der Waals surface area contributed by atoms with Crippen LogP contribution in [0.25, 0.3) is 0 Å². The number of fused-ring (bicyclic) bond motifs is 1. The number of Topliss-reactive ketones (excluding diaryl/α,β-unsaturated/α-hetero) is 1. The van der Waals surface area contributed by atoms with Gasteiger partial charge in [-0.05, 0) is 30.5 Å². The molecule has 0 saturated heterocycles. The third-order valence-electron chi connectivity index (χ3n) is 2.49. The SMILES string of the molecule is CC(=O)C(Cl)c1ccc2c(c1)NCC2. The van der Waals surface area contributed by atoms with Gasteiger partial charge in [-0.2, -0.15) is 0 Å². The van der Waals surface area contributed by atoms with Crippen LogP contribution in [0.15, 0.2) is 18.2 Å². The molecular weight excluding hydrogens is 198 g/mol. The molecule has 1 aromatic rings. The van der Waals surface area contributed by atoms with Gasteiger partial charge < -0.3 is 5.32 Å². The number of ketones is 1. The van der Waals surface area contributed by atoms with Gasteiger partial charge in [-0.25, -0.2) is 0 Å². The number of alkyl halides is 1. The van der Waals surface area contributed by atoms with Crippen LogP contribution in [0.1, 0.15) is 23.4 Å². The second-order valence-corrected chi connectivity index (χ2v) is 4.00. The van der Waals surface area contributed by atoms with Gasteiger partial charge in [0.15, 0.2) is 5.78 Å². The van der Waals surface area contributed by atoms with Gasteiger partial charge >= 0.3 is 0 Å². The van der Waals surface area contributed by atoms with Crippen molar-refractivity contribution < 1.29 is 4.79 Å². The quantitative estimate of drug-likeness (QED) is 0.759. The summed E-state index contributed by atoms with van der Waals surface area (Å²) < 4.78 is 0. The van der Waals surface area contributed by atoms with Gasteiger partial charge in [0.1, 0.15) is 5.38 Å². The zero-order chi connectivity index (χ0) is 10.1. The van der Waals surface area contributed by atoms with Crippen molar-refractivity contribution in [2.45, 2.75) is 18.7 Å². The van der Waals surface area contributed by atoms with Gasteiger partial charge in [0, 0.05) is 12.2 Å². The van der Waals surface area contributed by atoms with Crippen molar-refractivity contribution >= 4 is 23.1 Å². The number of hydrogen-bond acceptors (Lipinski definition) is 2. The molecule has 0 radical (unpaired) electrons. The van der Waals surface area contributed by atoms with Crippen LogP contribution in [0.2, 0.25) is 0 Å². The number of nitrogens with one attached hydrogen (secondary N) is 1. The van der Waals surface area contributed by atoms with E-state index >= 15 is 0 Å². The van der Waals surface area contributed by atoms with Gasteiger partial charge in [-0.1, -0.05) is 12.1 Å². The van der Waals surface area contributed by atoms with Gasteiger partial charge in [-0.3, -0.25) is 4.79 Å². The van der Waals surface area contributed by atoms with Crippen LogP contribution in [-0.4, -0.2) is 12.3 Å². The lowest BCUT2D eigenvalue weighted by Gasteiger charge is -2.08. The van der Waals surface area contributed by atoms with E-state index < -0.39 is 5.38 Å². The Morgan fingerprint density at radius 2 is 2.36 bits per heavy atom. The van der Waals surface area contributed by atoms with E-state index in [1.54, 1.807) is 0 Å². The third-order valence-corrected chi connectivity index (χ3v) is 3.05. The van der Waals surface area contributed by atoms with Crippen LogP contribution >= 0.6 is 11.6 Å². The Hall–Kier alpha value is -1.02. The van der Waals surface area contributed by atoms with Gasteiger partial charge in [0.05, 0.1) is 0 Å². The van der Waals surface area contributed by atoms with E-state index in [0.29, 0.717) is 0 Å². The molecule has 0 aliphatic carbocycles. The lowest BCUT2D eigenvalue weighted by molar-refractivity contribution is -0.116. The van der Waals surface area contributed by atoms with E-state index in [9.17, 15) is 4.79 Å². The first-order valence-electron chi connectivity index (χ1n) is 4.69. The predicted molar refractivity (Wildman–Crippen MR) is 57.9 cm³/mol. The lowest BCUT2D eigenvalue weighted by Crippen LogP contribution is -2.01. The molecule has 0 aromatic heterocycles. The molecule has 0 bridgehead atoms. The topological polar surface area (TPSA) is 29.1 Å². The fraction of sp³-hybridized carbons (Fsp3) is 0.364. The van der Waals surface area contributed by atoms with E-state index in [2.05, 4.69) is 5.32 Å². The Morgan fingerprint density at radius 3 is 3.07 bits per heavy atom. The molecule has 74 valence electrons. The Labute approximate surface area is 88.3 Å². The maximum atomic E-state index is 11.1. The van der Waals surface area contributed by atoms with Gasteiger partial charge in [0.25, 0.3) is 0 Å². The molecule has 1 N–H and O–H groups in total. The summed E-state index contributed by atoms with van der Waals surface area (Å²) in [5, 5.41) is 2.75. The number of carbonyl (C=O) groups is 1. The second kappa shape index (κ2) is 3.62. The minimum Gasteiger partial charge on any atom is -0.384 e. The highest BCUT2D eigenvalue weighted by Crippen LogP contribution is 2.29. The molecule has 1 aromatic carbocycles. The zero-order valence-corrected chi connectivity index (χ0v) is 8.77. The molecule has 2 rings (SSSR count). The first-order valence-corrected chi connectivity index (χ1v) is 5.13. The summed E-state index contributed by atoms with van der Waals surface area (Å²) in [6.07, 6.45) is 1.06. The van der Waals surface area contributed by atoms with Crippen LogP contribution in [0.4, 0.5) is 5.69 Å². The van der Waals surface area contributed by atoms with E-state index in [-0.39, 0.29) is 5.78 Å². The summed E-state index contributed by atoms with van der Waals surface area (Å²) in [6, 6.07) is 5.95. The molecule has 1 heterocycles. The Bertz CT molecular complexity index is 376. The molecule has 2 nitrogen and oxygen atoms in total. The molecule has 1 unspecified atom stereocenters. The highest BCUT2D eigenvalue weighted by molar-refractivity contribution is 6.30.